The molecule has 4 nitrogen and oxygen atoms in total. The minimum atomic E-state index is -3.76. The molecule has 0 aromatic heterocycles. The first kappa shape index (κ1) is 19.7. The number of sulfonamides is 1. The second-order valence-corrected chi connectivity index (χ2v) is 8.58. The summed E-state index contributed by atoms with van der Waals surface area (Å²) < 4.78 is 27.8. The zero-order chi connectivity index (χ0) is 19.6. The number of anilines is 1. The maximum absolute atomic E-state index is 12.6. The minimum Gasteiger partial charge on any atom is -0.389 e. The Morgan fingerprint density at radius 3 is 2.30 bits per heavy atom. The van der Waals surface area contributed by atoms with Crippen molar-refractivity contribution in [1.29, 1.82) is 0 Å². The SMILES string of the molecule is CC(O)c1cccc(NS(=O)(=O)c2ccc(-c3ccc(Cl)cc3Cl)cc2)c1. The molecule has 2 N–H and O–H groups in total. The topological polar surface area (TPSA) is 66.4 Å². The number of aliphatic hydroxyl groups excluding tert-OH is 1. The lowest BCUT2D eigenvalue weighted by Crippen LogP contribution is -2.13. The van der Waals surface area contributed by atoms with Crippen molar-refractivity contribution in [2.75, 3.05) is 4.72 Å². The molecule has 3 aromatic carbocycles. The highest BCUT2D eigenvalue weighted by atomic mass is 35.5. The van der Waals surface area contributed by atoms with Crippen LogP contribution >= 0.6 is 23.2 Å². The van der Waals surface area contributed by atoms with E-state index in [2.05, 4.69) is 4.72 Å². The molecule has 0 heterocycles. The van der Waals surface area contributed by atoms with Crippen molar-refractivity contribution in [3.05, 3.63) is 82.3 Å². The van der Waals surface area contributed by atoms with Crippen LogP contribution in [0.3, 0.4) is 0 Å². The van der Waals surface area contributed by atoms with E-state index < -0.39 is 16.1 Å². The molecule has 0 saturated heterocycles. The van der Waals surface area contributed by atoms with Crippen LogP contribution in [0, 0.1) is 0 Å². The molecular weight excluding hydrogens is 405 g/mol. The van der Waals surface area contributed by atoms with Crippen LogP contribution in [0.25, 0.3) is 11.1 Å². The van der Waals surface area contributed by atoms with Crippen molar-refractivity contribution in [3.63, 3.8) is 0 Å². The number of halogens is 2. The van der Waals surface area contributed by atoms with Crippen LogP contribution in [-0.4, -0.2) is 13.5 Å². The Labute approximate surface area is 168 Å². The van der Waals surface area contributed by atoms with E-state index in [1.807, 2.05) is 0 Å². The number of rotatable bonds is 5. The van der Waals surface area contributed by atoms with E-state index in [0.717, 1.165) is 11.1 Å². The molecule has 0 saturated carbocycles. The average molecular weight is 422 g/mol. The van der Waals surface area contributed by atoms with Gasteiger partial charge in [0.2, 0.25) is 0 Å². The smallest absolute Gasteiger partial charge is 0.261 e. The summed E-state index contributed by atoms with van der Waals surface area (Å²) in [5.41, 5.74) is 2.57. The van der Waals surface area contributed by atoms with Gasteiger partial charge in [0.1, 0.15) is 0 Å². The summed E-state index contributed by atoms with van der Waals surface area (Å²) in [5, 5.41) is 10.7. The summed E-state index contributed by atoms with van der Waals surface area (Å²) >= 11 is 12.1. The fraction of sp³-hybridized carbons (Fsp3) is 0.100. The molecule has 27 heavy (non-hydrogen) atoms. The van der Waals surface area contributed by atoms with Crippen LogP contribution < -0.4 is 4.72 Å². The summed E-state index contributed by atoms with van der Waals surface area (Å²) in [6.45, 7) is 1.62. The fourth-order valence-corrected chi connectivity index (χ4v) is 4.18. The van der Waals surface area contributed by atoms with Gasteiger partial charge >= 0.3 is 0 Å². The molecule has 0 amide bonds. The summed E-state index contributed by atoms with van der Waals surface area (Å²) in [5.74, 6) is 0. The van der Waals surface area contributed by atoms with Gasteiger partial charge in [-0.25, -0.2) is 8.42 Å². The van der Waals surface area contributed by atoms with Gasteiger partial charge in [0, 0.05) is 21.3 Å². The number of hydrogen-bond acceptors (Lipinski definition) is 3. The van der Waals surface area contributed by atoms with Crippen LogP contribution in [0.1, 0.15) is 18.6 Å². The Kier molecular flexibility index (Phi) is 5.77. The van der Waals surface area contributed by atoms with Gasteiger partial charge in [-0.05, 0) is 54.4 Å². The highest BCUT2D eigenvalue weighted by Gasteiger charge is 2.15. The van der Waals surface area contributed by atoms with Gasteiger partial charge in [0.25, 0.3) is 10.0 Å². The number of hydrogen-bond donors (Lipinski definition) is 2. The van der Waals surface area contributed by atoms with Crippen LogP contribution in [0.5, 0.6) is 0 Å². The zero-order valence-corrected chi connectivity index (χ0v) is 16.7. The quantitative estimate of drug-likeness (QED) is 0.570. The lowest BCUT2D eigenvalue weighted by molar-refractivity contribution is 0.199. The van der Waals surface area contributed by atoms with Crippen molar-refractivity contribution in [1.82, 2.24) is 0 Å². The first-order valence-corrected chi connectivity index (χ1v) is 10.4. The van der Waals surface area contributed by atoms with E-state index in [1.165, 1.54) is 12.1 Å². The number of benzene rings is 3. The van der Waals surface area contributed by atoms with Gasteiger partial charge < -0.3 is 5.11 Å². The van der Waals surface area contributed by atoms with E-state index in [9.17, 15) is 13.5 Å². The molecule has 0 aliphatic carbocycles. The second kappa shape index (κ2) is 7.90. The molecule has 1 atom stereocenters. The minimum absolute atomic E-state index is 0.124. The summed E-state index contributed by atoms with van der Waals surface area (Å²) in [7, 11) is -3.76. The molecular formula is C20H17Cl2NO3S. The van der Waals surface area contributed by atoms with Gasteiger partial charge in [0.05, 0.1) is 11.0 Å². The predicted molar refractivity (Wildman–Crippen MR) is 110 cm³/mol. The van der Waals surface area contributed by atoms with E-state index in [-0.39, 0.29) is 4.90 Å². The van der Waals surface area contributed by atoms with Gasteiger partial charge in [-0.1, -0.05) is 53.5 Å². The normalized spacial score (nSPS) is 12.6. The fourth-order valence-electron chi connectivity index (χ4n) is 2.61. The Balaban J connectivity index is 1.86. The van der Waals surface area contributed by atoms with Crippen LogP contribution in [0.4, 0.5) is 5.69 Å². The summed E-state index contributed by atoms with van der Waals surface area (Å²) in [6.07, 6.45) is -0.683. The molecule has 0 bridgehead atoms. The number of aliphatic hydroxyl groups is 1. The largest absolute Gasteiger partial charge is 0.389 e. The van der Waals surface area contributed by atoms with Gasteiger partial charge in [0.15, 0.2) is 0 Å². The first-order valence-electron chi connectivity index (χ1n) is 8.12. The molecule has 1 unspecified atom stereocenters. The third-order valence-electron chi connectivity index (χ3n) is 4.03. The molecule has 3 aromatic rings. The molecule has 0 fully saturated rings. The van der Waals surface area contributed by atoms with Crippen molar-refractivity contribution < 1.29 is 13.5 Å². The standard InChI is InChI=1S/C20H17Cl2NO3S/c1-13(24)15-3-2-4-17(11-15)23-27(25,26)18-8-5-14(6-9-18)19-10-7-16(21)12-20(19)22/h2-13,23-24H,1H3. The zero-order valence-electron chi connectivity index (χ0n) is 14.4. The molecule has 0 aliphatic heterocycles. The van der Waals surface area contributed by atoms with Crippen molar-refractivity contribution in [2.24, 2.45) is 0 Å². The van der Waals surface area contributed by atoms with Gasteiger partial charge in [-0.3, -0.25) is 4.72 Å². The second-order valence-electron chi connectivity index (χ2n) is 6.06. The Morgan fingerprint density at radius 1 is 0.963 bits per heavy atom. The average Bonchev–Trinajstić information content (AvgIpc) is 2.62. The maximum atomic E-state index is 12.6. The molecule has 7 heteroatoms. The van der Waals surface area contributed by atoms with E-state index in [4.69, 9.17) is 23.2 Å². The van der Waals surface area contributed by atoms with E-state index in [1.54, 1.807) is 61.5 Å². The van der Waals surface area contributed by atoms with Gasteiger partial charge in [-0.15, -0.1) is 0 Å². The predicted octanol–water partition coefficient (Wildman–Crippen LogP) is 5.51. The van der Waals surface area contributed by atoms with Crippen molar-refractivity contribution in [2.45, 2.75) is 17.9 Å². The van der Waals surface area contributed by atoms with Crippen LogP contribution in [0.15, 0.2) is 71.6 Å². The van der Waals surface area contributed by atoms with Crippen LogP contribution in [-0.2, 0) is 10.0 Å². The van der Waals surface area contributed by atoms with Crippen molar-refractivity contribution >= 4 is 38.9 Å². The first-order chi connectivity index (χ1) is 12.8. The number of nitrogens with one attached hydrogen (secondary N) is 1. The summed E-state index contributed by atoms with van der Waals surface area (Å²) in [4.78, 5) is 0.124. The highest BCUT2D eigenvalue weighted by Crippen LogP contribution is 2.31. The molecule has 3 rings (SSSR count). The maximum Gasteiger partial charge on any atom is 0.261 e. The third kappa shape index (κ3) is 4.62. The lowest BCUT2D eigenvalue weighted by Gasteiger charge is -2.11. The summed E-state index contributed by atoms with van der Waals surface area (Å²) in [6, 6.07) is 18.2. The highest BCUT2D eigenvalue weighted by molar-refractivity contribution is 7.92. The van der Waals surface area contributed by atoms with Crippen molar-refractivity contribution in [3.8, 4) is 11.1 Å². The lowest BCUT2D eigenvalue weighted by atomic mass is 10.1. The molecule has 0 spiro atoms. The molecule has 0 radical (unpaired) electrons. The third-order valence-corrected chi connectivity index (χ3v) is 5.97. The Hall–Kier alpha value is -2.05. The van der Waals surface area contributed by atoms with E-state index >= 15 is 0 Å². The Morgan fingerprint density at radius 2 is 1.67 bits per heavy atom. The Bertz CT molecular complexity index is 1060. The van der Waals surface area contributed by atoms with Crippen LogP contribution in [0.2, 0.25) is 10.0 Å². The van der Waals surface area contributed by atoms with Gasteiger partial charge in [-0.2, -0.15) is 0 Å². The monoisotopic (exact) mass is 421 g/mol. The molecule has 140 valence electrons. The molecule has 0 aliphatic rings. The van der Waals surface area contributed by atoms with E-state index in [0.29, 0.717) is 21.3 Å².